The minimum atomic E-state index is 0.452. The minimum absolute atomic E-state index is 0.452. The SMILES string of the molecule is CNC(CC1Cc2ccccc21)c1cccc(I)c1. The zero-order valence-corrected chi connectivity index (χ0v) is 13.2. The summed E-state index contributed by atoms with van der Waals surface area (Å²) >= 11 is 2.38. The first-order chi connectivity index (χ1) is 9.28. The van der Waals surface area contributed by atoms with Crippen molar-refractivity contribution in [2.45, 2.75) is 24.8 Å². The van der Waals surface area contributed by atoms with Crippen LogP contribution in [-0.2, 0) is 6.42 Å². The molecular formula is C17H18IN. The molecule has 2 aromatic rings. The van der Waals surface area contributed by atoms with Crippen molar-refractivity contribution in [1.82, 2.24) is 5.32 Å². The van der Waals surface area contributed by atoms with Crippen LogP contribution in [0.1, 0.15) is 35.1 Å². The van der Waals surface area contributed by atoms with E-state index in [1.54, 1.807) is 5.56 Å². The predicted molar refractivity (Wildman–Crippen MR) is 88.5 cm³/mol. The Morgan fingerprint density at radius 2 is 2.05 bits per heavy atom. The van der Waals surface area contributed by atoms with E-state index in [1.165, 1.54) is 27.5 Å². The Kier molecular flexibility index (Phi) is 3.89. The van der Waals surface area contributed by atoms with Crippen LogP contribution in [0.3, 0.4) is 0 Å². The van der Waals surface area contributed by atoms with Crippen molar-refractivity contribution in [2.24, 2.45) is 0 Å². The lowest BCUT2D eigenvalue weighted by atomic mass is 9.74. The van der Waals surface area contributed by atoms with Gasteiger partial charge in [-0.2, -0.15) is 0 Å². The van der Waals surface area contributed by atoms with Crippen molar-refractivity contribution in [3.05, 3.63) is 68.8 Å². The van der Waals surface area contributed by atoms with Crippen molar-refractivity contribution in [3.8, 4) is 0 Å². The molecule has 1 aliphatic carbocycles. The second kappa shape index (κ2) is 5.63. The Balaban J connectivity index is 1.76. The summed E-state index contributed by atoms with van der Waals surface area (Å²) in [5, 5.41) is 3.47. The topological polar surface area (TPSA) is 12.0 Å². The van der Waals surface area contributed by atoms with Gasteiger partial charge in [0.1, 0.15) is 0 Å². The molecule has 0 saturated carbocycles. The summed E-state index contributed by atoms with van der Waals surface area (Å²) in [6.07, 6.45) is 2.42. The molecule has 0 fully saturated rings. The van der Waals surface area contributed by atoms with Crippen molar-refractivity contribution in [2.75, 3.05) is 7.05 Å². The summed E-state index contributed by atoms with van der Waals surface area (Å²) in [7, 11) is 2.06. The lowest BCUT2D eigenvalue weighted by Crippen LogP contribution is -2.25. The lowest BCUT2D eigenvalue weighted by Gasteiger charge is -2.33. The first-order valence-electron chi connectivity index (χ1n) is 6.78. The number of fused-ring (bicyclic) bond motifs is 1. The molecule has 0 radical (unpaired) electrons. The molecule has 0 spiro atoms. The first kappa shape index (κ1) is 13.1. The van der Waals surface area contributed by atoms with Gasteiger partial charge in [-0.1, -0.05) is 36.4 Å². The molecule has 1 nitrogen and oxygen atoms in total. The van der Waals surface area contributed by atoms with Crippen LogP contribution in [0.2, 0.25) is 0 Å². The Labute approximate surface area is 128 Å². The van der Waals surface area contributed by atoms with E-state index in [0.717, 1.165) is 0 Å². The van der Waals surface area contributed by atoms with Gasteiger partial charge in [-0.05, 0) is 77.2 Å². The van der Waals surface area contributed by atoms with Gasteiger partial charge in [0.05, 0.1) is 0 Å². The average Bonchev–Trinajstić information content (AvgIpc) is 2.40. The van der Waals surface area contributed by atoms with Crippen molar-refractivity contribution in [1.29, 1.82) is 0 Å². The maximum atomic E-state index is 3.47. The van der Waals surface area contributed by atoms with Crippen LogP contribution >= 0.6 is 22.6 Å². The summed E-state index contributed by atoms with van der Waals surface area (Å²) < 4.78 is 1.31. The molecule has 0 aromatic heterocycles. The van der Waals surface area contributed by atoms with E-state index in [1.807, 2.05) is 0 Å². The summed E-state index contributed by atoms with van der Waals surface area (Å²) in [5.41, 5.74) is 4.48. The third-order valence-corrected chi connectivity index (χ3v) is 4.75. The van der Waals surface area contributed by atoms with Gasteiger partial charge in [0.2, 0.25) is 0 Å². The van der Waals surface area contributed by atoms with Gasteiger partial charge < -0.3 is 5.32 Å². The minimum Gasteiger partial charge on any atom is -0.313 e. The summed E-state index contributed by atoms with van der Waals surface area (Å²) in [6.45, 7) is 0. The van der Waals surface area contributed by atoms with E-state index < -0.39 is 0 Å². The van der Waals surface area contributed by atoms with Crippen LogP contribution in [0.15, 0.2) is 48.5 Å². The van der Waals surface area contributed by atoms with E-state index >= 15 is 0 Å². The monoisotopic (exact) mass is 363 g/mol. The molecule has 0 bridgehead atoms. The van der Waals surface area contributed by atoms with Gasteiger partial charge in [-0.25, -0.2) is 0 Å². The fourth-order valence-electron chi connectivity index (χ4n) is 3.00. The number of nitrogens with one attached hydrogen (secondary N) is 1. The highest BCUT2D eigenvalue weighted by molar-refractivity contribution is 14.1. The van der Waals surface area contributed by atoms with Gasteiger partial charge in [-0.15, -0.1) is 0 Å². The molecule has 1 N–H and O–H groups in total. The largest absolute Gasteiger partial charge is 0.313 e. The molecule has 0 aliphatic heterocycles. The highest BCUT2D eigenvalue weighted by Gasteiger charge is 2.28. The molecule has 0 amide bonds. The van der Waals surface area contributed by atoms with Crippen LogP contribution in [-0.4, -0.2) is 7.05 Å². The Hall–Kier alpha value is -0.870. The quantitative estimate of drug-likeness (QED) is 0.800. The van der Waals surface area contributed by atoms with Crippen LogP contribution in [0, 0.1) is 3.57 Å². The fourth-order valence-corrected chi connectivity index (χ4v) is 3.57. The van der Waals surface area contributed by atoms with Crippen molar-refractivity contribution in [3.63, 3.8) is 0 Å². The maximum Gasteiger partial charge on any atom is 0.0323 e. The Morgan fingerprint density at radius 1 is 1.21 bits per heavy atom. The third-order valence-electron chi connectivity index (χ3n) is 4.08. The number of halogens is 1. The number of hydrogen-bond acceptors (Lipinski definition) is 1. The highest BCUT2D eigenvalue weighted by atomic mass is 127. The molecule has 98 valence electrons. The zero-order chi connectivity index (χ0) is 13.2. The molecule has 2 unspecified atom stereocenters. The highest BCUT2D eigenvalue weighted by Crippen LogP contribution is 2.40. The fraction of sp³-hybridized carbons (Fsp3) is 0.294. The van der Waals surface area contributed by atoms with Crippen molar-refractivity contribution < 1.29 is 0 Å². The lowest BCUT2D eigenvalue weighted by molar-refractivity contribution is 0.452. The van der Waals surface area contributed by atoms with E-state index in [9.17, 15) is 0 Å². The summed E-state index contributed by atoms with van der Waals surface area (Å²) in [4.78, 5) is 0. The van der Waals surface area contributed by atoms with E-state index in [4.69, 9.17) is 0 Å². The molecule has 0 heterocycles. The zero-order valence-electron chi connectivity index (χ0n) is 11.1. The van der Waals surface area contributed by atoms with E-state index in [2.05, 4.69) is 83.5 Å². The van der Waals surface area contributed by atoms with Crippen LogP contribution in [0.4, 0.5) is 0 Å². The Bertz CT molecular complexity index is 579. The standard InChI is InChI=1S/C17H18IN/c1-19-17(13-6-4-7-15(18)10-13)11-14-9-12-5-2-3-8-16(12)14/h2-8,10,14,17,19H,9,11H2,1H3. The molecule has 3 rings (SSSR count). The van der Waals surface area contributed by atoms with Crippen molar-refractivity contribution >= 4 is 22.6 Å². The molecule has 2 atom stereocenters. The van der Waals surface area contributed by atoms with Crippen LogP contribution < -0.4 is 5.32 Å². The normalized spacial score (nSPS) is 18.5. The molecule has 0 saturated heterocycles. The molecule has 2 heteroatoms. The molecular weight excluding hydrogens is 345 g/mol. The Morgan fingerprint density at radius 3 is 2.79 bits per heavy atom. The second-order valence-electron chi connectivity index (χ2n) is 5.23. The van der Waals surface area contributed by atoms with Gasteiger partial charge >= 0.3 is 0 Å². The van der Waals surface area contributed by atoms with Crippen LogP contribution in [0.25, 0.3) is 0 Å². The van der Waals surface area contributed by atoms with Crippen LogP contribution in [0.5, 0.6) is 0 Å². The number of rotatable bonds is 4. The summed E-state index contributed by atoms with van der Waals surface area (Å²) in [6, 6.07) is 18.1. The van der Waals surface area contributed by atoms with Gasteiger partial charge in [0.15, 0.2) is 0 Å². The smallest absolute Gasteiger partial charge is 0.0323 e. The maximum absolute atomic E-state index is 3.47. The molecule has 2 aromatic carbocycles. The second-order valence-corrected chi connectivity index (χ2v) is 6.48. The number of benzene rings is 2. The average molecular weight is 363 g/mol. The third kappa shape index (κ3) is 2.70. The van der Waals surface area contributed by atoms with E-state index in [-0.39, 0.29) is 0 Å². The first-order valence-corrected chi connectivity index (χ1v) is 7.86. The van der Waals surface area contributed by atoms with Gasteiger partial charge in [0.25, 0.3) is 0 Å². The van der Waals surface area contributed by atoms with Gasteiger partial charge in [-0.3, -0.25) is 0 Å². The van der Waals surface area contributed by atoms with Gasteiger partial charge in [0, 0.05) is 9.61 Å². The summed E-state index contributed by atoms with van der Waals surface area (Å²) in [5.74, 6) is 0.714. The molecule has 1 aliphatic rings. The molecule has 19 heavy (non-hydrogen) atoms. The predicted octanol–water partition coefficient (Wildman–Crippen LogP) is 4.28. The number of hydrogen-bond donors (Lipinski definition) is 1. The van der Waals surface area contributed by atoms with E-state index in [0.29, 0.717) is 12.0 Å².